The molecule has 12 heteroatoms. The van der Waals surface area contributed by atoms with Crippen LogP contribution in [0.15, 0.2) is 28.8 Å². The standard InChI is InChI=1S/C22H21ClF3N5O3/c1-33-13-4-7-30(10-13)18(32)11-31-17(19(25)26)9-16(28-31)20-27-21(29-34-20)22(5-6-22)14-3-2-12(24)8-15(14)23/h2-3,8-9,13,19H,4-7,10-11H2,1H3. The van der Waals surface area contributed by atoms with E-state index in [1.165, 1.54) is 12.1 Å². The van der Waals surface area contributed by atoms with Gasteiger partial charge in [0.15, 0.2) is 11.5 Å². The average molecular weight is 496 g/mol. The Kier molecular flexibility index (Phi) is 5.85. The van der Waals surface area contributed by atoms with Crippen LogP contribution >= 0.6 is 11.6 Å². The molecule has 1 atom stereocenters. The van der Waals surface area contributed by atoms with Crippen LogP contribution < -0.4 is 0 Å². The Hall–Kier alpha value is -2.92. The maximum atomic E-state index is 13.7. The molecule has 1 saturated heterocycles. The van der Waals surface area contributed by atoms with Gasteiger partial charge in [-0.15, -0.1) is 0 Å². The molecular formula is C22H21ClF3N5O3. The molecule has 1 amide bonds. The first-order valence-corrected chi connectivity index (χ1v) is 11.1. The number of rotatable bonds is 7. The van der Waals surface area contributed by atoms with Crippen molar-refractivity contribution >= 4 is 17.5 Å². The molecule has 1 aliphatic heterocycles. The Balaban J connectivity index is 1.39. The van der Waals surface area contributed by atoms with E-state index in [2.05, 4.69) is 15.2 Å². The number of methoxy groups -OCH3 is 1. The highest BCUT2D eigenvalue weighted by Crippen LogP contribution is 2.54. The largest absolute Gasteiger partial charge is 0.380 e. The molecule has 2 fully saturated rings. The molecule has 180 valence electrons. The van der Waals surface area contributed by atoms with Crippen LogP contribution in [0.25, 0.3) is 11.6 Å². The summed E-state index contributed by atoms with van der Waals surface area (Å²) in [5.41, 5.74) is -0.329. The quantitative estimate of drug-likeness (QED) is 0.492. The van der Waals surface area contributed by atoms with Crippen molar-refractivity contribution in [3.8, 4) is 11.6 Å². The van der Waals surface area contributed by atoms with Crippen molar-refractivity contribution < 1.29 is 27.2 Å². The molecule has 8 nitrogen and oxygen atoms in total. The highest BCUT2D eigenvalue weighted by atomic mass is 35.5. The topological polar surface area (TPSA) is 86.3 Å². The molecule has 2 aromatic heterocycles. The lowest BCUT2D eigenvalue weighted by Gasteiger charge is -2.16. The van der Waals surface area contributed by atoms with Gasteiger partial charge in [-0.1, -0.05) is 22.8 Å². The van der Waals surface area contributed by atoms with Crippen LogP contribution in [0.3, 0.4) is 0 Å². The lowest BCUT2D eigenvalue weighted by Crippen LogP contribution is -2.33. The molecule has 0 bridgehead atoms. The van der Waals surface area contributed by atoms with Gasteiger partial charge in [0.25, 0.3) is 12.3 Å². The third kappa shape index (κ3) is 4.07. The number of amides is 1. The average Bonchev–Trinajstić information content (AvgIpc) is 3.18. The highest BCUT2D eigenvalue weighted by Gasteiger charge is 2.51. The van der Waals surface area contributed by atoms with Gasteiger partial charge in [0.1, 0.15) is 18.1 Å². The van der Waals surface area contributed by atoms with Gasteiger partial charge in [-0.2, -0.15) is 10.1 Å². The minimum Gasteiger partial charge on any atom is -0.380 e. The van der Waals surface area contributed by atoms with E-state index < -0.39 is 23.4 Å². The fraction of sp³-hybridized carbons (Fsp3) is 0.455. The number of hydrogen-bond donors (Lipinski definition) is 0. The van der Waals surface area contributed by atoms with Crippen LogP contribution in [-0.4, -0.2) is 57.0 Å². The number of ether oxygens (including phenoxy) is 1. The zero-order chi connectivity index (χ0) is 24.0. The third-order valence-electron chi connectivity index (χ3n) is 6.42. The molecule has 5 rings (SSSR count). The number of carbonyl (C=O) groups is 1. The molecule has 1 saturated carbocycles. The summed E-state index contributed by atoms with van der Waals surface area (Å²) in [7, 11) is 1.57. The van der Waals surface area contributed by atoms with Crippen molar-refractivity contribution in [2.45, 2.75) is 43.8 Å². The number of alkyl halides is 2. The summed E-state index contributed by atoms with van der Waals surface area (Å²) >= 11 is 6.24. The maximum absolute atomic E-state index is 13.7. The normalized spacial score (nSPS) is 19.2. The number of benzene rings is 1. The molecule has 3 heterocycles. The first kappa shape index (κ1) is 22.9. The van der Waals surface area contributed by atoms with Gasteiger partial charge in [-0.05, 0) is 43.0 Å². The predicted molar refractivity (Wildman–Crippen MR) is 114 cm³/mol. The van der Waals surface area contributed by atoms with E-state index in [1.807, 2.05) is 0 Å². The monoisotopic (exact) mass is 495 g/mol. The molecule has 34 heavy (non-hydrogen) atoms. The van der Waals surface area contributed by atoms with Crippen molar-refractivity contribution in [2.24, 2.45) is 0 Å². The van der Waals surface area contributed by atoms with E-state index in [0.717, 1.165) is 10.7 Å². The first-order valence-electron chi connectivity index (χ1n) is 10.8. The van der Waals surface area contributed by atoms with Crippen LogP contribution in [0.2, 0.25) is 5.02 Å². The van der Waals surface area contributed by atoms with E-state index in [0.29, 0.717) is 43.7 Å². The summed E-state index contributed by atoms with van der Waals surface area (Å²) in [6.45, 7) is 0.567. The summed E-state index contributed by atoms with van der Waals surface area (Å²) in [5.74, 6) is -0.508. The smallest absolute Gasteiger partial charge is 0.280 e. The number of likely N-dealkylation sites (tertiary alicyclic amines) is 1. The van der Waals surface area contributed by atoms with Gasteiger partial charge in [0.2, 0.25) is 5.91 Å². The van der Waals surface area contributed by atoms with E-state index in [-0.39, 0.29) is 35.2 Å². The summed E-state index contributed by atoms with van der Waals surface area (Å²) in [6.07, 6.45) is -0.858. The van der Waals surface area contributed by atoms with Gasteiger partial charge < -0.3 is 14.2 Å². The van der Waals surface area contributed by atoms with Gasteiger partial charge in [-0.3, -0.25) is 9.48 Å². The van der Waals surface area contributed by atoms with Crippen LogP contribution in [0.5, 0.6) is 0 Å². The number of aromatic nitrogens is 4. The lowest BCUT2D eigenvalue weighted by molar-refractivity contribution is -0.131. The second kappa shape index (κ2) is 8.70. The van der Waals surface area contributed by atoms with Crippen molar-refractivity contribution in [1.29, 1.82) is 0 Å². The highest BCUT2D eigenvalue weighted by molar-refractivity contribution is 6.31. The second-order valence-electron chi connectivity index (χ2n) is 8.53. The summed E-state index contributed by atoms with van der Waals surface area (Å²) in [6, 6.07) is 5.26. The fourth-order valence-corrected chi connectivity index (χ4v) is 4.70. The minimum absolute atomic E-state index is 0.0408. The zero-order valence-corrected chi connectivity index (χ0v) is 18.9. The summed E-state index contributed by atoms with van der Waals surface area (Å²) < 4.78 is 52.4. The SMILES string of the molecule is COC1CCN(C(=O)Cn2nc(-c3nc(C4(c5ccc(F)cc5Cl)CC4)no3)cc2C(F)F)C1. The molecule has 1 unspecified atom stereocenters. The molecule has 1 aromatic carbocycles. The zero-order valence-electron chi connectivity index (χ0n) is 18.2. The second-order valence-corrected chi connectivity index (χ2v) is 8.94. The van der Waals surface area contributed by atoms with E-state index in [4.69, 9.17) is 20.9 Å². The molecule has 1 aliphatic carbocycles. The lowest BCUT2D eigenvalue weighted by atomic mass is 9.95. The minimum atomic E-state index is -2.85. The van der Waals surface area contributed by atoms with Gasteiger partial charge >= 0.3 is 0 Å². The Bertz CT molecular complexity index is 1230. The van der Waals surface area contributed by atoms with Gasteiger partial charge in [-0.25, -0.2) is 13.2 Å². The van der Waals surface area contributed by atoms with Crippen LogP contribution in [0.4, 0.5) is 13.2 Å². The molecule has 2 aliphatic rings. The van der Waals surface area contributed by atoms with Crippen molar-refractivity contribution in [1.82, 2.24) is 24.8 Å². The van der Waals surface area contributed by atoms with E-state index in [1.54, 1.807) is 18.1 Å². The predicted octanol–water partition coefficient (Wildman–Crippen LogP) is 3.99. The number of hydrogen-bond acceptors (Lipinski definition) is 6. The number of halogens is 4. The van der Waals surface area contributed by atoms with Crippen molar-refractivity contribution in [2.75, 3.05) is 20.2 Å². The molecule has 0 spiro atoms. The fourth-order valence-electron chi connectivity index (χ4n) is 4.35. The maximum Gasteiger partial charge on any atom is 0.280 e. The Morgan fingerprint density at radius 3 is 2.79 bits per heavy atom. The Morgan fingerprint density at radius 1 is 1.35 bits per heavy atom. The summed E-state index contributed by atoms with van der Waals surface area (Å²) in [5, 5.41) is 8.44. The van der Waals surface area contributed by atoms with Crippen LogP contribution in [0.1, 0.15) is 42.8 Å². The van der Waals surface area contributed by atoms with Gasteiger partial charge in [0.05, 0.1) is 11.5 Å². The van der Waals surface area contributed by atoms with Crippen molar-refractivity contribution in [3.63, 3.8) is 0 Å². The Labute approximate surface area is 197 Å². The van der Waals surface area contributed by atoms with Crippen molar-refractivity contribution in [3.05, 3.63) is 52.2 Å². The number of carbonyl (C=O) groups excluding carboxylic acids is 1. The summed E-state index contributed by atoms with van der Waals surface area (Å²) in [4.78, 5) is 18.6. The van der Waals surface area contributed by atoms with Gasteiger partial charge in [0, 0.05) is 25.2 Å². The van der Waals surface area contributed by atoms with E-state index >= 15 is 0 Å². The Morgan fingerprint density at radius 2 is 2.15 bits per heavy atom. The first-order chi connectivity index (χ1) is 16.3. The molecular weight excluding hydrogens is 475 g/mol. The molecule has 0 radical (unpaired) electrons. The molecule has 3 aromatic rings. The van der Waals surface area contributed by atoms with Crippen LogP contribution in [-0.2, 0) is 21.5 Å². The van der Waals surface area contributed by atoms with Crippen LogP contribution in [0, 0.1) is 5.82 Å². The number of nitrogens with zero attached hydrogens (tertiary/aromatic N) is 5. The van der Waals surface area contributed by atoms with E-state index in [9.17, 15) is 18.0 Å². The third-order valence-corrected chi connectivity index (χ3v) is 6.73. The molecule has 0 N–H and O–H groups in total.